The van der Waals surface area contributed by atoms with Crippen LogP contribution in [0.15, 0.2) is 46.9 Å². The predicted molar refractivity (Wildman–Crippen MR) is 89.0 cm³/mol. The number of hydrogen-bond donors (Lipinski definition) is 1. The largest absolute Gasteiger partial charge is 0.457 e. The zero-order valence-electron chi connectivity index (χ0n) is 12.4. The van der Waals surface area contributed by atoms with Crippen LogP contribution in [0.1, 0.15) is 11.1 Å². The van der Waals surface area contributed by atoms with Crippen LogP contribution in [0.4, 0.5) is 0 Å². The van der Waals surface area contributed by atoms with Crippen molar-refractivity contribution in [2.24, 2.45) is 0 Å². The van der Waals surface area contributed by atoms with E-state index in [-0.39, 0.29) is 0 Å². The van der Waals surface area contributed by atoms with Gasteiger partial charge in [0, 0.05) is 30.2 Å². The van der Waals surface area contributed by atoms with E-state index in [2.05, 4.69) is 40.3 Å². The Hall–Kier alpha value is -1.36. The van der Waals surface area contributed by atoms with Gasteiger partial charge in [-0.15, -0.1) is 0 Å². The van der Waals surface area contributed by atoms with Gasteiger partial charge in [-0.25, -0.2) is 0 Å². The first kappa shape index (κ1) is 16.0. The molecule has 112 valence electrons. The lowest BCUT2D eigenvalue weighted by molar-refractivity contribution is 0.199. The highest BCUT2D eigenvalue weighted by Gasteiger charge is 2.05. The third-order valence-electron chi connectivity index (χ3n) is 3.06. The van der Waals surface area contributed by atoms with E-state index in [1.165, 1.54) is 5.56 Å². The van der Waals surface area contributed by atoms with Crippen LogP contribution in [0.25, 0.3) is 0 Å². The standard InChI is InChI=1S/C17H20BrNO2/c1-13-3-8-17(14(11-13)12-19-9-10-20-2)21-16-6-4-15(18)5-7-16/h3-8,11,19H,9-10,12H2,1-2H3. The normalized spacial score (nSPS) is 10.6. The summed E-state index contributed by atoms with van der Waals surface area (Å²) in [4.78, 5) is 0. The lowest BCUT2D eigenvalue weighted by atomic mass is 10.1. The van der Waals surface area contributed by atoms with Crippen molar-refractivity contribution in [1.82, 2.24) is 5.32 Å². The maximum absolute atomic E-state index is 5.98. The number of rotatable bonds is 7. The van der Waals surface area contributed by atoms with Gasteiger partial charge in [0.1, 0.15) is 11.5 Å². The summed E-state index contributed by atoms with van der Waals surface area (Å²) in [5.41, 5.74) is 2.37. The maximum atomic E-state index is 5.98. The molecule has 0 saturated carbocycles. The SMILES string of the molecule is COCCNCc1cc(C)ccc1Oc1ccc(Br)cc1. The molecule has 1 N–H and O–H groups in total. The Kier molecular flexibility index (Phi) is 6.23. The Balaban J connectivity index is 2.08. The zero-order chi connectivity index (χ0) is 15.1. The molecule has 3 nitrogen and oxygen atoms in total. The van der Waals surface area contributed by atoms with E-state index < -0.39 is 0 Å². The van der Waals surface area contributed by atoms with E-state index in [0.29, 0.717) is 6.61 Å². The fraction of sp³-hybridized carbons (Fsp3) is 0.294. The summed E-state index contributed by atoms with van der Waals surface area (Å²) in [6.45, 7) is 4.37. The summed E-state index contributed by atoms with van der Waals surface area (Å²) in [5, 5.41) is 3.35. The molecule has 0 saturated heterocycles. The van der Waals surface area contributed by atoms with E-state index in [1.54, 1.807) is 7.11 Å². The number of methoxy groups -OCH3 is 1. The topological polar surface area (TPSA) is 30.5 Å². The van der Waals surface area contributed by atoms with E-state index in [4.69, 9.17) is 9.47 Å². The highest BCUT2D eigenvalue weighted by Crippen LogP contribution is 2.27. The molecule has 2 aromatic carbocycles. The second kappa shape index (κ2) is 8.17. The molecule has 0 aliphatic rings. The minimum atomic E-state index is 0.703. The molecule has 0 aliphatic heterocycles. The van der Waals surface area contributed by atoms with Crippen LogP contribution in [0.3, 0.4) is 0 Å². The molecule has 4 heteroatoms. The molecule has 0 spiro atoms. The van der Waals surface area contributed by atoms with E-state index >= 15 is 0 Å². The van der Waals surface area contributed by atoms with Gasteiger partial charge in [-0.05, 0) is 37.3 Å². The van der Waals surface area contributed by atoms with Gasteiger partial charge in [-0.2, -0.15) is 0 Å². The second-order valence-corrected chi connectivity index (χ2v) is 5.75. The van der Waals surface area contributed by atoms with Crippen LogP contribution in [-0.4, -0.2) is 20.3 Å². The van der Waals surface area contributed by atoms with Gasteiger partial charge in [0.05, 0.1) is 6.61 Å². The fourth-order valence-corrected chi connectivity index (χ4v) is 2.24. The second-order valence-electron chi connectivity index (χ2n) is 4.84. The highest BCUT2D eigenvalue weighted by atomic mass is 79.9. The van der Waals surface area contributed by atoms with Gasteiger partial charge in [-0.1, -0.05) is 33.6 Å². The van der Waals surface area contributed by atoms with Gasteiger partial charge in [-0.3, -0.25) is 0 Å². The van der Waals surface area contributed by atoms with Gasteiger partial charge in [0.25, 0.3) is 0 Å². The van der Waals surface area contributed by atoms with Crippen LogP contribution in [0.5, 0.6) is 11.5 Å². The third kappa shape index (κ3) is 5.16. The monoisotopic (exact) mass is 349 g/mol. The number of benzene rings is 2. The number of aryl methyl sites for hydroxylation is 1. The maximum Gasteiger partial charge on any atom is 0.131 e. The molecular formula is C17H20BrNO2. The van der Waals surface area contributed by atoms with Crippen molar-refractivity contribution in [2.45, 2.75) is 13.5 Å². The van der Waals surface area contributed by atoms with Crippen molar-refractivity contribution in [2.75, 3.05) is 20.3 Å². The molecule has 0 aromatic heterocycles. The molecule has 2 aromatic rings. The van der Waals surface area contributed by atoms with Crippen LogP contribution in [0, 0.1) is 6.92 Å². The minimum Gasteiger partial charge on any atom is -0.457 e. The summed E-state index contributed by atoms with van der Waals surface area (Å²) < 4.78 is 12.1. The summed E-state index contributed by atoms with van der Waals surface area (Å²) in [6.07, 6.45) is 0. The average Bonchev–Trinajstić information content (AvgIpc) is 2.48. The van der Waals surface area contributed by atoms with Crippen molar-refractivity contribution in [3.05, 3.63) is 58.1 Å². The Morgan fingerprint density at radius 1 is 1.10 bits per heavy atom. The van der Waals surface area contributed by atoms with Crippen LogP contribution < -0.4 is 10.1 Å². The van der Waals surface area contributed by atoms with Crippen LogP contribution in [0.2, 0.25) is 0 Å². The first-order chi connectivity index (χ1) is 10.2. The highest BCUT2D eigenvalue weighted by molar-refractivity contribution is 9.10. The quantitative estimate of drug-likeness (QED) is 0.756. The molecule has 0 radical (unpaired) electrons. The molecule has 0 atom stereocenters. The summed E-state index contributed by atoms with van der Waals surface area (Å²) in [5.74, 6) is 1.72. The van der Waals surface area contributed by atoms with Crippen LogP contribution >= 0.6 is 15.9 Å². The Bertz CT molecular complexity index is 570. The van der Waals surface area contributed by atoms with Gasteiger partial charge in [0.15, 0.2) is 0 Å². The van der Waals surface area contributed by atoms with Crippen molar-refractivity contribution < 1.29 is 9.47 Å². The van der Waals surface area contributed by atoms with E-state index in [9.17, 15) is 0 Å². The number of nitrogens with one attached hydrogen (secondary N) is 1. The first-order valence-electron chi connectivity index (χ1n) is 6.91. The molecule has 0 fully saturated rings. The van der Waals surface area contributed by atoms with Gasteiger partial charge < -0.3 is 14.8 Å². The summed E-state index contributed by atoms with van der Waals surface area (Å²) in [7, 11) is 1.70. The molecule has 0 amide bonds. The zero-order valence-corrected chi connectivity index (χ0v) is 13.9. The van der Waals surface area contributed by atoms with Gasteiger partial charge in [0.2, 0.25) is 0 Å². The molecule has 0 aliphatic carbocycles. The fourth-order valence-electron chi connectivity index (χ4n) is 1.97. The molecule has 2 rings (SSSR count). The lowest BCUT2D eigenvalue weighted by Crippen LogP contribution is -2.18. The number of ether oxygens (including phenoxy) is 2. The van der Waals surface area contributed by atoms with Crippen molar-refractivity contribution >= 4 is 15.9 Å². The van der Waals surface area contributed by atoms with Gasteiger partial charge >= 0.3 is 0 Å². The van der Waals surface area contributed by atoms with E-state index in [1.807, 2.05) is 30.3 Å². The number of halogens is 1. The molecule has 0 unspecified atom stereocenters. The Morgan fingerprint density at radius 2 is 1.86 bits per heavy atom. The molecule has 0 bridgehead atoms. The number of hydrogen-bond acceptors (Lipinski definition) is 3. The minimum absolute atomic E-state index is 0.703. The predicted octanol–water partition coefficient (Wildman–Crippen LogP) is 4.29. The van der Waals surface area contributed by atoms with Crippen molar-refractivity contribution in [3.63, 3.8) is 0 Å². The molecule has 21 heavy (non-hydrogen) atoms. The van der Waals surface area contributed by atoms with E-state index in [0.717, 1.165) is 34.6 Å². The molecular weight excluding hydrogens is 330 g/mol. The lowest BCUT2D eigenvalue weighted by Gasteiger charge is -2.13. The summed E-state index contributed by atoms with van der Waals surface area (Å²) >= 11 is 3.43. The van der Waals surface area contributed by atoms with Crippen molar-refractivity contribution in [3.8, 4) is 11.5 Å². The van der Waals surface area contributed by atoms with Crippen molar-refractivity contribution in [1.29, 1.82) is 0 Å². The molecule has 0 heterocycles. The first-order valence-corrected chi connectivity index (χ1v) is 7.71. The average molecular weight is 350 g/mol. The summed E-state index contributed by atoms with van der Waals surface area (Å²) in [6, 6.07) is 14.1. The Labute approximate surface area is 134 Å². The smallest absolute Gasteiger partial charge is 0.131 e. The third-order valence-corrected chi connectivity index (χ3v) is 3.58. The van der Waals surface area contributed by atoms with Crippen LogP contribution in [-0.2, 0) is 11.3 Å². The Morgan fingerprint density at radius 3 is 2.57 bits per heavy atom.